The highest BCUT2D eigenvalue weighted by molar-refractivity contribution is 14.1. The van der Waals surface area contributed by atoms with Crippen LogP contribution in [-0.2, 0) is 20.7 Å². The Balaban J connectivity index is 2.73. The van der Waals surface area contributed by atoms with Gasteiger partial charge in [-0.25, -0.2) is 4.79 Å². The van der Waals surface area contributed by atoms with Crippen LogP contribution in [0, 0.1) is 3.57 Å². The van der Waals surface area contributed by atoms with Gasteiger partial charge in [-0.15, -0.1) is 0 Å². The summed E-state index contributed by atoms with van der Waals surface area (Å²) in [4.78, 5) is 22.6. The fourth-order valence-corrected chi connectivity index (χ4v) is 2.22. The second-order valence-electron chi connectivity index (χ2n) is 3.60. The van der Waals surface area contributed by atoms with Gasteiger partial charge in [0.1, 0.15) is 0 Å². The Kier molecular flexibility index (Phi) is 6.11. The number of carbonyl (C=O) groups is 2. The van der Waals surface area contributed by atoms with E-state index in [1.54, 1.807) is 19.1 Å². The lowest BCUT2D eigenvalue weighted by Crippen LogP contribution is -2.06. The fraction of sp³-hybridized carbons (Fsp3) is 0.385. The van der Waals surface area contributed by atoms with E-state index in [1.165, 1.54) is 7.11 Å². The van der Waals surface area contributed by atoms with Gasteiger partial charge in [0.25, 0.3) is 0 Å². The molecule has 1 rings (SSSR count). The highest BCUT2D eigenvalue weighted by Crippen LogP contribution is 2.17. The van der Waals surface area contributed by atoms with Gasteiger partial charge in [0, 0.05) is 9.99 Å². The van der Waals surface area contributed by atoms with Crippen LogP contribution in [0.5, 0.6) is 0 Å². The van der Waals surface area contributed by atoms with Gasteiger partial charge in [-0.3, -0.25) is 4.79 Å². The van der Waals surface area contributed by atoms with E-state index in [1.807, 2.05) is 6.07 Å². The minimum Gasteiger partial charge on any atom is -0.469 e. The first-order valence-corrected chi connectivity index (χ1v) is 6.68. The van der Waals surface area contributed by atoms with Gasteiger partial charge in [-0.05, 0) is 53.6 Å². The van der Waals surface area contributed by atoms with E-state index < -0.39 is 0 Å². The topological polar surface area (TPSA) is 52.6 Å². The Morgan fingerprint density at radius 1 is 1.33 bits per heavy atom. The lowest BCUT2D eigenvalue weighted by atomic mass is 10.1. The predicted octanol–water partition coefficient (Wildman–Crippen LogP) is 2.57. The molecule has 0 heterocycles. The van der Waals surface area contributed by atoms with E-state index in [0.29, 0.717) is 25.0 Å². The number of aryl methyl sites for hydroxylation is 1. The van der Waals surface area contributed by atoms with Crippen molar-refractivity contribution in [1.29, 1.82) is 0 Å². The van der Waals surface area contributed by atoms with Gasteiger partial charge in [0.2, 0.25) is 0 Å². The molecule has 0 aliphatic rings. The maximum absolute atomic E-state index is 11.5. The highest BCUT2D eigenvalue weighted by Gasteiger charge is 2.10. The smallest absolute Gasteiger partial charge is 0.338 e. The summed E-state index contributed by atoms with van der Waals surface area (Å²) >= 11 is 2.15. The zero-order valence-corrected chi connectivity index (χ0v) is 12.5. The Morgan fingerprint density at radius 2 is 2.06 bits per heavy atom. The molecule has 0 radical (unpaired) electrons. The molecule has 0 spiro atoms. The van der Waals surface area contributed by atoms with Crippen LogP contribution in [0.1, 0.15) is 29.3 Å². The summed E-state index contributed by atoms with van der Waals surface area (Å²) in [7, 11) is 1.37. The number of carbonyl (C=O) groups excluding carboxylic acids is 2. The standard InChI is InChI=1S/C13H15IO4/c1-3-18-13(16)10-5-4-9(11(14)8-10)6-7-12(15)17-2/h4-5,8H,3,6-7H2,1-2H3. The molecule has 0 aliphatic carbocycles. The molecule has 98 valence electrons. The lowest BCUT2D eigenvalue weighted by molar-refractivity contribution is -0.140. The molecule has 0 bridgehead atoms. The van der Waals surface area contributed by atoms with E-state index >= 15 is 0 Å². The second-order valence-corrected chi connectivity index (χ2v) is 4.76. The van der Waals surface area contributed by atoms with E-state index in [-0.39, 0.29) is 11.9 Å². The van der Waals surface area contributed by atoms with Crippen LogP contribution in [0.2, 0.25) is 0 Å². The fourth-order valence-electron chi connectivity index (χ4n) is 1.43. The number of esters is 2. The van der Waals surface area contributed by atoms with Crippen molar-refractivity contribution >= 4 is 34.5 Å². The number of hydrogen-bond acceptors (Lipinski definition) is 4. The van der Waals surface area contributed by atoms with Gasteiger partial charge in [-0.2, -0.15) is 0 Å². The number of methoxy groups -OCH3 is 1. The van der Waals surface area contributed by atoms with E-state index in [2.05, 4.69) is 27.3 Å². The van der Waals surface area contributed by atoms with Crippen molar-refractivity contribution in [1.82, 2.24) is 0 Å². The monoisotopic (exact) mass is 362 g/mol. The van der Waals surface area contributed by atoms with Crippen LogP contribution in [0.15, 0.2) is 18.2 Å². The molecule has 1 aromatic carbocycles. The third-order valence-electron chi connectivity index (χ3n) is 2.39. The molecule has 0 N–H and O–H groups in total. The first-order chi connectivity index (χ1) is 8.58. The number of benzene rings is 1. The summed E-state index contributed by atoms with van der Waals surface area (Å²) in [5.74, 6) is -0.560. The molecule has 0 fully saturated rings. The molecule has 4 nitrogen and oxygen atoms in total. The van der Waals surface area contributed by atoms with Gasteiger partial charge < -0.3 is 9.47 Å². The zero-order valence-electron chi connectivity index (χ0n) is 10.4. The molecule has 0 aromatic heterocycles. The van der Waals surface area contributed by atoms with Crippen molar-refractivity contribution < 1.29 is 19.1 Å². The lowest BCUT2D eigenvalue weighted by Gasteiger charge is -2.06. The van der Waals surface area contributed by atoms with Crippen LogP contribution >= 0.6 is 22.6 Å². The quantitative estimate of drug-likeness (QED) is 0.597. The van der Waals surface area contributed by atoms with Crippen molar-refractivity contribution in [2.45, 2.75) is 19.8 Å². The number of ether oxygens (including phenoxy) is 2. The van der Waals surface area contributed by atoms with Gasteiger partial charge in [0.15, 0.2) is 0 Å². The molecule has 0 atom stereocenters. The molecule has 1 aromatic rings. The summed E-state index contributed by atoms with van der Waals surface area (Å²) in [5.41, 5.74) is 1.55. The average Bonchev–Trinajstić information content (AvgIpc) is 2.37. The van der Waals surface area contributed by atoms with Gasteiger partial charge in [-0.1, -0.05) is 6.07 Å². The molecule has 0 saturated heterocycles. The average molecular weight is 362 g/mol. The molecule has 18 heavy (non-hydrogen) atoms. The number of rotatable bonds is 5. The van der Waals surface area contributed by atoms with Crippen molar-refractivity contribution in [3.05, 3.63) is 32.9 Å². The van der Waals surface area contributed by atoms with Crippen molar-refractivity contribution in [3.8, 4) is 0 Å². The third-order valence-corrected chi connectivity index (χ3v) is 3.39. The van der Waals surface area contributed by atoms with Crippen LogP contribution in [0.4, 0.5) is 0 Å². The van der Waals surface area contributed by atoms with Crippen LogP contribution in [0.25, 0.3) is 0 Å². The SMILES string of the molecule is CCOC(=O)c1ccc(CCC(=O)OC)c(I)c1. The molecule has 5 heteroatoms. The minimum absolute atomic E-state index is 0.236. The highest BCUT2D eigenvalue weighted by atomic mass is 127. The summed E-state index contributed by atoms with van der Waals surface area (Å²) in [5, 5.41) is 0. The zero-order chi connectivity index (χ0) is 13.5. The maximum Gasteiger partial charge on any atom is 0.338 e. The van der Waals surface area contributed by atoms with E-state index in [4.69, 9.17) is 4.74 Å². The Bertz CT molecular complexity index is 443. The van der Waals surface area contributed by atoms with Crippen LogP contribution < -0.4 is 0 Å². The Hall–Kier alpha value is -1.11. The van der Waals surface area contributed by atoms with Gasteiger partial charge in [0.05, 0.1) is 19.3 Å². The minimum atomic E-state index is -0.324. The van der Waals surface area contributed by atoms with Crippen molar-refractivity contribution in [2.75, 3.05) is 13.7 Å². The molecule has 0 unspecified atom stereocenters. The Morgan fingerprint density at radius 3 is 2.61 bits per heavy atom. The molecular formula is C13H15IO4. The summed E-state index contributed by atoms with van der Waals surface area (Å²) < 4.78 is 10.5. The van der Waals surface area contributed by atoms with Crippen molar-refractivity contribution in [2.24, 2.45) is 0 Å². The second kappa shape index (κ2) is 7.35. The van der Waals surface area contributed by atoms with Crippen LogP contribution in [0.3, 0.4) is 0 Å². The first-order valence-electron chi connectivity index (χ1n) is 5.60. The van der Waals surface area contributed by atoms with Crippen LogP contribution in [-0.4, -0.2) is 25.7 Å². The Labute approximate surface area is 120 Å². The molecular weight excluding hydrogens is 347 g/mol. The number of halogens is 1. The van der Waals surface area contributed by atoms with Crippen molar-refractivity contribution in [3.63, 3.8) is 0 Å². The summed E-state index contributed by atoms with van der Waals surface area (Å²) in [6, 6.07) is 5.33. The summed E-state index contributed by atoms with van der Waals surface area (Å²) in [6.07, 6.45) is 0.944. The molecule has 0 amide bonds. The molecule has 0 saturated carbocycles. The van der Waals surface area contributed by atoms with E-state index in [0.717, 1.165) is 9.13 Å². The molecule has 0 aliphatic heterocycles. The largest absolute Gasteiger partial charge is 0.469 e. The number of hydrogen-bond donors (Lipinski definition) is 0. The summed E-state index contributed by atoms with van der Waals surface area (Å²) in [6.45, 7) is 2.13. The first kappa shape index (κ1) is 14.9. The van der Waals surface area contributed by atoms with Gasteiger partial charge >= 0.3 is 11.9 Å². The normalized spacial score (nSPS) is 9.94. The maximum atomic E-state index is 11.5. The third kappa shape index (κ3) is 4.29. The van der Waals surface area contributed by atoms with E-state index in [9.17, 15) is 9.59 Å². The predicted molar refractivity (Wildman–Crippen MR) is 75.5 cm³/mol.